The van der Waals surface area contributed by atoms with Gasteiger partial charge >= 0.3 is 0 Å². The molecule has 0 unspecified atom stereocenters. The van der Waals surface area contributed by atoms with Gasteiger partial charge in [-0.25, -0.2) is 0 Å². The Morgan fingerprint density at radius 1 is 0.909 bits per heavy atom. The second-order valence-corrected chi connectivity index (χ2v) is 2.70. The van der Waals surface area contributed by atoms with Gasteiger partial charge in [0.1, 0.15) is 18.3 Å². The molecule has 1 rings (SSSR count). The van der Waals surface area contributed by atoms with E-state index in [2.05, 4.69) is 4.74 Å². The average molecular weight is 164 g/mol. The lowest BCUT2D eigenvalue weighted by atomic mass is 10.0. The van der Waals surface area contributed by atoms with Crippen LogP contribution in [0, 0.1) is 0 Å². The summed E-state index contributed by atoms with van der Waals surface area (Å²) in [4.78, 5) is 0. The zero-order valence-electron chi connectivity index (χ0n) is 6.08. The van der Waals surface area contributed by atoms with Gasteiger partial charge in [-0.05, 0) is 6.92 Å². The smallest absolute Gasteiger partial charge is 0.183 e. The molecule has 5 nitrogen and oxygen atoms in total. The maximum atomic E-state index is 9.09. The highest BCUT2D eigenvalue weighted by Crippen LogP contribution is 2.18. The SMILES string of the molecule is C[C@H]1O[C@H](O)[C@@H](O)[C@@H](O)[C@H]1O. The number of hydrogen-bond donors (Lipinski definition) is 4. The molecule has 1 saturated heterocycles. The van der Waals surface area contributed by atoms with E-state index in [1.54, 1.807) is 0 Å². The van der Waals surface area contributed by atoms with Crippen LogP contribution in [0.25, 0.3) is 0 Å². The van der Waals surface area contributed by atoms with Crippen LogP contribution in [0.5, 0.6) is 0 Å². The van der Waals surface area contributed by atoms with Gasteiger partial charge in [0.2, 0.25) is 0 Å². The van der Waals surface area contributed by atoms with Crippen LogP contribution >= 0.6 is 0 Å². The summed E-state index contributed by atoms with van der Waals surface area (Å²) in [6.45, 7) is 1.50. The average Bonchev–Trinajstić information content (AvgIpc) is 1.97. The topological polar surface area (TPSA) is 90.2 Å². The Kier molecular flexibility index (Phi) is 2.46. The summed E-state index contributed by atoms with van der Waals surface area (Å²) in [5.74, 6) is 0. The van der Waals surface area contributed by atoms with Gasteiger partial charge in [0.25, 0.3) is 0 Å². The Morgan fingerprint density at radius 3 is 2.00 bits per heavy atom. The van der Waals surface area contributed by atoms with E-state index in [9.17, 15) is 0 Å². The predicted octanol–water partition coefficient (Wildman–Crippen LogP) is -2.19. The lowest BCUT2D eigenvalue weighted by molar-refractivity contribution is -0.277. The molecule has 0 spiro atoms. The van der Waals surface area contributed by atoms with Crippen molar-refractivity contribution in [3.63, 3.8) is 0 Å². The first kappa shape index (κ1) is 8.89. The highest BCUT2D eigenvalue weighted by molar-refractivity contribution is 4.86. The van der Waals surface area contributed by atoms with E-state index in [-0.39, 0.29) is 0 Å². The van der Waals surface area contributed by atoms with E-state index in [1.807, 2.05) is 0 Å². The number of hydrogen-bond acceptors (Lipinski definition) is 5. The molecule has 0 aromatic rings. The van der Waals surface area contributed by atoms with Gasteiger partial charge in [0.15, 0.2) is 6.29 Å². The van der Waals surface area contributed by atoms with Crippen LogP contribution in [0.3, 0.4) is 0 Å². The molecule has 1 aliphatic rings. The summed E-state index contributed by atoms with van der Waals surface area (Å²) in [6, 6.07) is 0. The van der Waals surface area contributed by atoms with Crippen LogP contribution in [-0.2, 0) is 4.74 Å². The van der Waals surface area contributed by atoms with Gasteiger partial charge in [-0.2, -0.15) is 0 Å². The standard InChI is InChI=1S/C6H12O5/c1-2-3(7)4(8)5(9)6(10)11-2/h2-10H,1H3/t2-,3+,4+,5+,6+/m1/s1. The Bertz CT molecular complexity index is 125. The first-order chi connectivity index (χ1) is 5.04. The summed E-state index contributed by atoms with van der Waals surface area (Å²) in [5, 5.41) is 36.0. The Morgan fingerprint density at radius 2 is 1.45 bits per heavy atom. The molecule has 0 radical (unpaired) electrons. The first-order valence-electron chi connectivity index (χ1n) is 3.41. The van der Waals surface area contributed by atoms with Crippen molar-refractivity contribution in [2.24, 2.45) is 0 Å². The molecule has 1 fully saturated rings. The summed E-state index contributed by atoms with van der Waals surface area (Å²) in [6.07, 6.45) is -5.99. The molecule has 1 aliphatic heterocycles. The Hall–Kier alpha value is -0.200. The van der Waals surface area contributed by atoms with E-state index in [4.69, 9.17) is 20.4 Å². The van der Waals surface area contributed by atoms with Crippen molar-refractivity contribution in [3.05, 3.63) is 0 Å². The van der Waals surface area contributed by atoms with Crippen molar-refractivity contribution < 1.29 is 25.2 Å². The van der Waals surface area contributed by atoms with Crippen LogP contribution < -0.4 is 0 Å². The van der Waals surface area contributed by atoms with Gasteiger partial charge in [-0.3, -0.25) is 0 Å². The largest absolute Gasteiger partial charge is 0.388 e. The summed E-state index contributed by atoms with van der Waals surface area (Å²) in [7, 11) is 0. The molecular weight excluding hydrogens is 152 g/mol. The summed E-state index contributed by atoms with van der Waals surface area (Å²) < 4.78 is 4.68. The fourth-order valence-corrected chi connectivity index (χ4v) is 1.03. The molecular formula is C6H12O5. The van der Waals surface area contributed by atoms with Crippen molar-refractivity contribution in [1.29, 1.82) is 0 Å². The molecule has 4 N–H and O–H groups in total. The van der Waals surface area contributed by atoms with Gasteiger partial charge in [0.05, 0.1) is 6.10 Å². The lowest BCUT2D eigenvalue weighted by Crippen LogP contribution is -2.56. The van der Waals surface area contributed by atoms with E-state index in [0.29, 0.717) is 0 Å². The predicted molar refractivity (Wildman–Crippen MR) is 34.6 cm³/mol. The third-order valence-electron chi connectivity index (χ3n) is 1.83. The summed E-state index contributed by atoms with van der Waals surface area (Å²) in [5.41, 5.74) is 0. The molecule has 0 aliphatic carbocycles. The molecule has 5 heteroatoms. The summed E-state index contributed by atoms with van der Waals surface area (Å²) >= 11 is 0. The molecule has 5 atom stereocenters. The number of aliphatic hydroxyl groups is 4. The quantitative estimate of drug-likeness (QED) is 0.326. The van der Waals surface area contributed by atoms with Gasteiger partial charge in [-0.15, -0.1) is 0 Å². The van der Waals surface area contributed by atoms with Gasteiger partial charge < -0.3 is 25.2 Å². The number of ether oxygens (including phenoxy) is 1. The molecule has 0 amide bonds. The van der Waals surface area contributed by atoms with Crippen LogP contribution in [0.4, 0.5) is 0 Å². The molecule has 11 heavy (non-hydrogen) atoms. The zero-order chi connectivity index (χ0) is 8.59. The van der Waals surface area contributed by atoms with E-state index >= 15 is 0 Å². The van der Waals surface area contributed by atoms with E-state index in [1.165, 1.54) is 6.92 Å². The third-order valence-corrected chi connectivity index (χ3v) is 1.83. The second-order valence-electron chi connectivity index (χ2n) is 2.70. The normalized spacial score (nSPS) is 52.6. The Balaban J connectivity index is 2.63. The van der Waals surface area contributed by atoms with E-state index < -0.39 is 30.7 Å². The van der Waals surface area contributed by atoms with Crippen LogP contribution in [0.2, 0.25) is 0 Å². The fraction of sp³-hybridized carbons (Fsp3) is 1.00. The van der Waals surface area contributed by atoms with Crippen molar-refractivity contribution in [2.45, 2.75) is 37.6 Å². The first-order valence-corrected chi connectivity index (χ1v) is 3.41. The van der Waals surface area contributed by atoms with Crippen molar-refractivity contribution in [2.75, 3.05) is 0 Å². The van der Waals surface area contributed by atoms with E-state index in [0.717, 1.165) is 0 Å². The van der Waals surface area contributed by atoms with Gasteiger partial charge in [-0.1, -0.05) is 0 Å². The van der Waals surface area contributed by atoms with Crippen molar-refractivity contribution in [1.82, 2.24) is 0 Å². The van der Waals surface area contributed by atoms with Crippen LogP contribution in [0.15, 0.2) is 0 Å². The maximum absolute atomic E-state index is 9.09. The minimum Gasteiger partial charge on any atom is -0.388 e. The molecule has 0 aromatic heterocycles. The monoisotopic (exact) mass is 164 g/mol. The molecule has 0 aromatic carbocycles. The fourth-order valence-electron chi connectivity index (χ4n) is 1.03. The molecule has 0 bridgehead atoms. The lowest BCUT2D eigenvalue weighted by Gasteiger charge is -2.36. The van der Waals surface area contributed by atoms with Crippen LogP contribution in [-0.4, -0.2) is 51.1 Å². The second kappa shape index (κ2) is 3.04. The number of rotatable bonds is 0. The molecule has 0 saturated carbocycles. The highest BCUT2D eigenvalue weighted by Gasteiger charge is 2.40. The molecule has 66 valence electrons. The minimum atomic E-state index is -1.43. The maximum Gasteiger partial charge on any atom is 0.183 e. The zero-order valence-corrected chi connectivity index (χ0v) is 6.08. The van der Waals surface area contributed by atoms with Crippen LogP contribution in [0.1, 0.15) is 6.92 Å². The number of aliphatic hydroxyl groups excluding tert-OH is 4. The third kappa shape index (κ3) is 1.52. The van der Waals surface area contributed by atoms with Gasteiger partial charge in [0, 0.05) is 0 Å². The minimum absolute atomic E-state index is 0.664. The van der Waals surface area contributed by atoms with Crippen molar-refractivity contribution in [3.8, 4) is 0 Å². The highest BCUT2D eigenvalue weighted by atomic mass is 16.6. The Labute approximate surface area is 63.8 Å². The van der Waals surface area contributed by atoms with Crippen molar-refractivity contribution >= 4 is 0 Å². The molecule has 1 heterocycles.